The Hall–Kier alpha value is -2.67. The van der Waals surface area contributed by atoms with Crippen LogP contribution in [0.1, 0.15) is 108 Å². The molecule has 1 amide bonds. The number of likely N-dealkylation sites (tertiary alicyclic amines) is 1. The largest absolute Gasteiger partial charge is 0.511 e. The molecular weight excluding hydrogens is 500 g/mol. The molecule has 7 rings (SSSR count). The molecule has 5 aliphatic rings. The highest BCUT2D eigenvalue weighted by molar-refractivity contribution is 5.78. The zero-order valence-corrected chi connectivity index (χ0v) is 23.7. The lowest BCUT2D eigenvalue weighted by molar-refractivity contribution is -0.136. The molecule has 3 aliphatic heterocycles. The first-order chi connectivity index (χ1) is 19.5. The molecule has 3 unspecified atom stereocenters. The van der Waals surface area contributed by atoms with Crippen molar-refractivity contribution in [1.82, 2.24) is 19.4 Å². The van der Waals surface area contributed by atoms with Gasteiger partial charge in [0.25, 0.3) is 5.56 Å². The molecule has 0 spiro atoms. The summed E-state index contributed by atoms with van der Waals surface area (Å²) < 4.78 is 2.06. The lowest BCUT2D eigenvalue weighted by Gasteiger charge is -2.55. The molecule has 2 saturated carbocycles. The summed E-state index contributed by atoms with van der Waals surface area (Å²) in [6.45, 7) is 3.67. The molecule has 2 aromatic rings. The number of hydrogen-bond acceptors (Lipinski definition) is 5. The van der Waals surface area contributed by atoms with Crippen LogP contribution in [-0.4, -0.2) is 55.0 Å². The fraction of sp³-hybridized carbons (Fsp3) is 0.667. The second kappa shape index (κ2) is 10.6. The van der Waals surface area contributed by atoms with Gasteiger partial charge in [-0.3, -0.25) is 14.5 Å². The number of amides is 1. The maximum absolute atomic E-state index is 14.4. The van der Waals surface area contributed by atoms with Crippen LogP contribution < -0.4 is 5.56 Å². The van der Waals surface area contributed by atoms with Crippen LogP contribution in [0.5, 0.6) is 0 Å². The van der Waals surface area contributed by atoms with Gasteiger partial charge in [0.15, 0.2) is 0 Å². The number of aromatic nitrogens is 2. The van der Waals surface area contributed by atoms with E-state index in [9.17, 15) is 14.7 Å². The highest BCUT2D eigenvalue weighted by Gasteiger charge is 2.45. The Morgan fingerprint density at radius 2 is 1.55 bits per heavy atom. The van der Waals surface area contributed by atoms with Gasteiger partial charge in [-0.15, -0.1) is 0 Å². The minimum Gasteiger partial charge on any atom is -0.511 e. The van der Waals surface area contributed by atoms with Crippen molar-refractivity contribution in [2.24, 2.45) is 11.8 Å². The molecule has 4 heterocycles. The first-order valence-electron chi connectivity index (χ1n) is 15.9. The molecule has 3 saturated heterocycles. The molecule has 0 radical (unpaired) electrons. The summed E-state index contributed by atoms with van der Waals surface area (Å²) in [7, 11) is 0. The van der Waals surface area contributed by atoms with Crippen LogP contribution >= 0.6 is 0 Å². The second-order valence-electron chi connectivity index (χ2n) is 13.5. The van der Waals surface area contributed by atoms with Crippen molar-refractivity contribution < 1.29 is 9.90 Å². The van der Waals surface area contributed by atoms with E-state index in [1.54, 1.807) is 4.90 Å². The van der Waals surface area contributed by atoms with E-state index in [1.807, 2.05) is 24.3 Å². The van der Waals surface area contributed by atoms with E-state index in [0.29, 0.717) is 30.6 Å². The van der Waals surface area contributed by atoms with Gasteiger partial charge in [0.2, 0.25) is 5.91 Å². The number of piperidine rings is 3. The fourth-order valence-corrected chi connectivity index (χ4v) is 9.49. The summed E-state index contributed by atoms with van der Waals surface area (Å²) in [4.78, 5) is 36.8. The van der Waals surface area contributed by atoms with E-state index in [1.165, 1.54) is 57.8 Å². The molecule has 1 aromatic carbocycles. The first-order valence-corrected chi connectivity index (χ1v) is 15.9. The Bertz CT molecular complexity index is 1330. The summed E-state index contributed by atoms with van der Waals surface area (Å²) in [6, 6.07) is 9.50. The van der Waals surface area contributed by atoms with Gasteiger partial charge in [0.1, 0.15) is 11.5 Å². The molecular formula is C33H44N4O3. The monoisotopic (exact) mass is 544 g/mol. The third kappa shape index (κ3) is 4.68. The number of aliphatic hydroxyl groups excluding tert-OH is 1. The molecule has 1 N–H and O–H groups in total. The number of carbonyl (C=O) groups is 1. The predicted octanol–water partition coefficient (Wildman–Crippen LogP) is 6.05. The summed E-state index contributed by atoms with van der Waals surface area (Å²) in [5.41, 5.74) is 2.10. The molecule has 7 heteroatoms. The summed E-state index contributed by atoms with van der Waals surface area (Å²) in [5.74, 6) is 1.73. The topological polar surface area (TPSA) is 78.7 Å². The van der Waals surface area contributed by atoms with Gasteiger partial charge in [0.05, 0.1) is 23.6 Å². The van der Waals surface area contributed by atoms with Crippen molar-refractivity contribution in [2.75, 3.05) is 6.54 Å². The number of carbonyl (C=O) groups excluding carboxylic acids is 1. The molecule has 4 bridgehead atoms. The average Bonchev–Trinajstić information content (AvgIpc) is 2.93. The quantitative estimate of drug-likeness (QED) is 0.464. The standard InChI is InChI=1S/C33H44N4O3/c1-21(38)20-35-30(13-6-14-31(35)39)32-33(40)37(29-12-3-2-11-28(29)34-32)27-18-24-9-5-10-25(19-27)36(24)26-16-22-7-4-8-23(15-22)17-26/h2-3,11-12,22-27,30,38H,1,4-10,13-20H2/t22-,23+,24-,25+,26?,27?,30?. The van der Waals surface area contributed by atoms with Crippen LogP contribution in [0, 0.1) is 11.8 Å². The minimum absolute atomic E-state index is 0.0450. The fourth-order valence-electron chi connectivity index (χ4n) is 9.49. The lowest BCUT2D eigenvalue weighted by atomic mass is 9.68. The van der Waals surface area contributed by atoms with Gasteiger partial charge in [-0.2, -0.15) is 0 Å². The Balaban J connectivity index is 1.24. The molecule has 2 aliphatic carbocycles. The van der Waals surface area contributed by atoms with Crippen LogP contribution in [0.2, 0.25) is 0 Å². The van der Waals surface area contributed by atoms with Gasteiger partial charge in [-0.25, -0.2) is 4.98 Å². The number of rotatable bonds is 5. The van der Waals surface area contributed by atoms with E-state index < -0.39 is 6.04 Å². The zero-order valence-electron chi connectivity index (χ0n) is 23.7. The van der Waals surface area contributed by atoms with E-state index >= 15 is 0 Å². The van der Waals surface area contributed by atoms with Gasteiger partial charge in [-0.05, 0) is 81.8 Å². The smallest absolute Gasteiger partial charge is 0.275 e. The van der Waals surface area contributed by atoms with Crippen LogP contribution in [-0.2, 0) is 4.79 Å². The van der Waals surface area contributed by atoms with E-state index in [2.05, 4.69) is 16.0 Å². The number of aliphatic hydroxyl groups is 1. The number of para-hydroxylation sites is 2. The summed E-state index contributed by atoms with van der Waals surface area (Å²) in [6.07, 6.45) is 16.1. The normalized spacial score (nSPS) is 34.6. The lowest BCUT2D eigenvalue weighted by Crippen LogP contribution is -2.58. The Morgan fingerprint density at radius 3 is 2.27 bits per heavy atom. The SMILES string of the molecule is C=C(O)CN1C(=O)CCCC1c1nc2ccccc2n(C2C[C@H]3CCC[C@@H](C2)N3C2C[C@H]3CCC[C@@H](C2)C3)c1=O. The van der Waals surface area contributed by atoms with Gasteiger partial charge >= 0.3 is 0 Å². The number of nitrogens with zero attached hydrogens (tertiary/aromatic N) is 4. The van der Waals surface area contributed by atoms with E-state index in [-0.39, 0.29) is 29.8 Å². The Labute approximate surface area is 237 Å². The number of hydrogen-bond donors (Lipinski definition) is 1. The Morgan fingerprint density at radius 1 is 0.850 bits per heavy atom. The van der Waals surface area contributed by atoms with Crippen molar-refractivity contribution in [1.29, 1.82) is 0 Å². The molecule has 7 atom stereocenters. The second-order valence-corrected chi connectivity index (χ2v) is 13.5. The summed E-state index contributed by atoms with van der Waals surface area (Å²) >= 11 is 0. The maximum atomic E-state index is 14.4. The average molecular weight is 545 g/mol. The van der Waals surface area contributed by atoms with E-state index in [0.717, 1.165) is 48.2 Å². The summed E-state index contributed by atoms with van der Waals surface area (Å²) in [5, 5.41) is 9.97. The Kier molecular flexibility index (Phi) is 6.97. The van der Waals surface area contributed by atoms with Gasteiger partial charge < -0.3 is 14.6 Å². The van der Waals surface area contributed by atoms with Crippen molar-refractivity contribution >= 4 is 16.9 Å². The maximum Gasteiger partial charge on any atom is 0.275 e. The zero-order chi connectivity index (χ0) is 27.4. The molecule has 1 aromatic heterocycles. The highest BCUT2D eigenvalue weighted by Crippen LogP contribution is 2.47. The molecule has 7 nitrogen and oxygen atoms in total. The number of fused-ring (bicyclic) bond motifs is 5. The third-order valence-corrected chi connectivity index (χ3v) is 10.9. The van der Waals surface area contributed by atoms with Crippen LogP contribution in [0.25, 0.3) is 11.0 Å². The van der Waals surface area contributed by atoms with Crippen molar-refractivity contribution in [3.05, 3.63) is 52.7 Å². The molecule has 40 heavy (non-hydrogen) atoms. The number of benzene rings is 1. The predicted molar refractivity (Wildman–Crippen MR) is 156 cm³/mol. The van der Waals surface area contributed by atoms with Crippen molar-refractivity contribution in [2.45, 2.75) is 120 Å². The van der Waals surface area contributed by atoms with Crippen molar-refractivity contribution in [3.8, 4) is 0 Å². The van der Waals surface area contributed by atoms with Gasteiger partial charge in [-0.1, -0.05) is 44.4 Å². The van der Waals surface area contributed by atoms with Crippen LogP contribution in [0.3, 0.4) is 0 Å². The third-order valence-electron chi connectivity index (χ3n) is 10.9. The van der Waals surface area contributed by atoms with Gasteiger partial charge in [0, 0.05) is 30.6 Å². The van der Waals surface area contributed by atoms with Crippen molar-refractivity contribution in [3.63, 3.8) is 0 Å². The molecule has 214 valence electrons. The minimum atomic E-state index is -0.435. The first kappa shape index (κ1) is 26.2. The molecule has 5 fully saturated rings. The van der Waals surface area contributed by atoms with Crippen LogP contribution in [0.4, 0.5) is 0 Å². The van der Waals surface area contributed by atoms with E-state index in [4.69, 9.17) is 4.98 Å². The highest BCUT2D eigenvalue weighted by atomic mass is 16.3. The van der Waals surface area contributed by atoms with Crippen LogP contribution in [0.15, 0.2) is 41.4 Å².